The summed E-state index contributed by atoms with van der Waals surface area (Å²) in [5.41, 5.74) is 6.06. The lowest BCUT2D eigenvalue weighted by Gasteiger charge is -2.38. The Morgan fingerprint density at radius 3 is 1.84 bits per heavy atom. The summed E-state index contributed by atoms with van der Waals surface area (Å²) in [6, 6.07) is 4.94. The highest BCUT2D eigenvalue weighted by Gasteiger charge is 2.31. The minimum Gasteiger partial charge on any atom is -0.0917 e. The fraction of sp³-hybridized carbons (Fsp3) is 0.680. The van der Waals surface area contributed by atoms with E-state index in [1.807, 2.05) is 0 Å². The largest absolute Gasteiger partial charge is 0.0917 e. The van der Waals surface area contributed by atoms with Gasteiger partial charge in [0.1, 0.15) is 0 Å². The Labute approximate surface area is 156 Å². The highest BCUT2D eigenvalue weighted by Crippen LogP contribution is 2.44. The summed E-state index contributed by atoms with van der Waals surface area (Å²) in [5.74, 6) is 3.85. The van der Waals surface area contributed by atoms with E-state index < -0.39 is 0 Å². The van der Waals surface area contributed by atoms with Crippen molar-refractivity contribution in [2.24, 2.45) is 17.8 Å². The van der Waals surface area contributed by atoms with Gasteiger partial charge >= 0.3 is 0 Å². The molecular weight excluding hydrogens is 300 g/mol. The van der Waals surface area contributed by atoms with E-state index in [1.165, 1.54) is 74.5 Å². The van der Waals surface area contributed by atoms with E-state index in [1.54, 1.807) is 5.56 Å². The number of aryl methyl sites for hydroxylation is 2. The van der Waals surface area contributed by atoms with Crippen molar-refractivity contribution in [1.82, 2.24) is 0 Å². The molecule has 0 saturated heterocycles. The Morgan fingerprint density at radius 2 is 1.32 bits per heavy atom. The van der Waals surface area contributed by atoms with Crippen LogP contribution in [0.1, 0.15) is 92.9 Å². The van der Waals surface area contributed by atoms with Crippen LogP contribution < -0.4 is 0 Å². The van der Waals surface area contributed by atoms with Crippen molar-refractivity contribution in [3.8, 4) is 0 Å². The SMILES string of the molecule is CC=CCC1CCC(C2CCC(c3cc(C)c(C)c(C)c3)CC2)CC1. The van der Waals surface area contributed by atoms with Crippen LogP contribution in [0.4, 0.5) is 0 Å². The summed E-state index contributed by atoms with van der Waals surface area (Å²) >= 11 is 0. The van der Waals surface area contributed by atoms with Crippen LogP contribution in [0.2, 0.25) is 0 Å². The van der Waals surface area contributed by atoms with Crippen molar-refractivity contribution in [2.45, 2.75) is 91.4 Å². The van der Waals surface area contributed by atoms with Gasteiger partial charge in [-0.3, -0.25) is 0 Å². The molecule has 3 rings (SSSR count). The average Bonchev–Trinajstić information content (AvgIpc) is 2.64. The van der Waals surface area contributed by atoms with E-state index in [0.717, 1.165) is 23.7 Å². The molecule has 0 nitrogen and oxygen atoms in total. The maximum absolute atomic E-state index is 2.47. The molecule has 0 aliphatic heterocycles. The smallest absolute Gasteiger partial charge is 0.0162 e. The minimum absolute atomic E-state index is 0.820. The molecule has 1 aromatic rings. The van der Waals surface area contributed by atoms with Gasteiger partial charge in [-0.15, -0.1) is 0 Å². The summed E-state index contributed by atoms with van der Waals surface area (Å²) < 4.78 is 0. The van der Waals surface area contributed by atoms with Crippen LogP contribution in [0.5, 0.6) is 0 Å². The monoisotopic (exact) mass is 338 g/mol. The third kappa shape index (κ3) is 4.57. The van der Waals surface area contributed by atoms with E-state index >= 15 is 0 Å². The molecule has 2 aliphatic rings. The lowest BCUT2D eigenvalue weighted by molar-refractivity contribution is 0.160. The summed E-state index contributed by atoms with van der Waals surface area (Å²) in [4.78, 5) is 0. The fourth-order valence-electron chi connectivity index (χ4n) is 5.45. The Balaban J connectivity index is 1.51. The first-order valence-electron chi connectivity index (χ1n) is 10.8. The molecule has 0 amide bonds. The highest BCUT2D eigenvalue weighted by molar-refractivity contribution is 5.38. The van der Waals surface area contributed by atoms with Gasteiger partial charge in [0.05, 0.1) is 0 Å². The second-order valence-corrected chi connectivity index (χ2v) is 8.98. The van der Waals surface area contributed by atoms with Crippen LogP contribution in [0.15, 0.2) is 24.3 Å². The van der Waals surface area contributed by atoms with Crippen LogP contribution in [0.25, 0.3) is 0 Å². The van der Waals surface area contributed by atoms with Crippen LogP contribution in [0.3, 0.4) is 0 Å². The molecule has 2 fully saturated rings. The molecule has 0 heterocycles. The number of allylic oxidation sites excluding steroid dienone is 2. The number of benzene rings is 1. The molecule has 0 aromatic heterocycles. The molecule has 0 spiro atoms. The second kappa shape index (κ2) is 8.56. The molecule has 1 aromatic carbocycles. The zero-order valence-electron chi connectivity index (χ0n) is 17.0. The van der Waals surface area contributed by atoms with Crippen LogP contribution in [-0.4, -0.2) is 0 Å². The summed E-state index contributed by atoms with van der Waals surface area (Å²) in [7, 11) is 0. The molecule has 0 heteroatoms. The zero-order valence-corrected chi connectivity index (χ0v) is 17.0. The standard InChI is InChI=1S/C25H38/c1-5-6-7-21-8-10-22(11-9-21)23-12-14-24(15-13-23)25-16-18(2)20(4)19(3)17-25/h5-6,16-17,21-24H,7-15H2,1-4H3. The quantitative estimate of drug-likeness (QED) is 0.494. The molecule has 0 unspecified atom stereocenters. The van der Waals surface area contributed by atoms with E-state index in [0.29, 0.717) is 0 Å². The van der Waals surface area contributed by atoms with Gasteiger partial charge in [0.25, 0.3) is 0 Å². The van der Waals surface area contributed by atoms with Crippen molar-refractivity contribution in [1.29, 1.82) is 0 Å². The van der Waals surface area contributed by atoms with E-state index in [2.05, 4.69) is 52.0 Å². The van der Waals surface area contributed by atoms with Gasteiger partial charge < -0.3 is 0 Å². The van der Waals surface area contributed by atoms with E-state index in [9.17, 15) is 0 Å². The van der Waals surface area contributed by atoms with Gasteiger partial charge in [-0.2, -0.15) is 0 Å². The molecule has 25 heavy (non-hydrogen) atoms. The predicted octanol–water partition coefficient (Wildman–Crippen LogP) is 7.66. The molecule has 138 valence electrons. The third-order valence-electron chi connectivity index (χ3n) is 7.46. The normalized spacial score (nSPS) is 30.7. The number of hydrogen-bond donors (Lipinski definition) is 0. The van der Waals surface area contributed by atoms with E-state index in [4.69, 9.17) is 0 Å². The molecule has 2 aliphatic carbocycles. The first-order valence-corrected chi connectivity index (χ1v) is 10.8. The van der Waals surface area contributed by atoms with Crippen LogP contribution >= 0.6 is 0 Å². The topological polar surface area (TPSA) is 0 Å². The maximum Gasteiger partial charge on any atom is -0.0162 e. The van der Waals surface area contributed by atoms with Crippen LogP contribution in [0, 0.1) is 38.5 Å². The summed E-state index contributed by atoms with van der Waals surface area (Å²) in [5, 5.41) is 0. The maximum atomic E-state index is 2.47. The van der Waals surface area contributed by atoms with Crippen molar-refractivity contribution in [2.75, 3.05) is 0 Å². The second-order valence-electron chi connectivity index (χ2n) is 8.98. The Hall–Kier alpha value is -1.04. The van der Waals surface area contributed by atoms with E-state index in [-0.39, 0.29) is 0 Å². The van der Waals surface area contributed by atoms with Gasteiger partial charge in [0.2, 0.25) is 0 Å². The third-order valence-corrected chi connectivity index (χ3v) is 7.46. The Morgan fingerprint density at radius 1 is 0.800 bits per heavy atom. The molecule has 0 atom stereocenters. The first-order chi connectivity index (χ1) is 12.1. The molecule has 0 bridgehead atoms. The minimum atomic E-state index is 0.820. The molecular formula is C25H38. The van der Waals surface area contributed by atoms with Crippen molar-refractivity contribution < 1.29 is 0 Å². The Bertz CT molecular complexity index is 555. The molecule has 0 radical (unpaired) electrons. The van der Waals surface area contributed by atoms with Crippen molar-refractivity contribution in [3.05, 3.63) is 46.5 Å². The van der Waals surface area contributed by atoms with Crippen molar-refractivity contribution >= 4 is 0 Å². The average molecular weight is 339 g/mol. The first kappa shape index (κ1) is 18.7. The zero-order chi connectivity index (χ0) is 17.8. The molecule has 2 saturated carbocycles. The van der Waals surface area contributed by atoms with Gasteiger partial charge in [-0.1, -0.05) is 24.3 Å². The Kier molecular flexibility index (Phi) is 6.42. The summed E-state index contributed by atoms with van der Waals surface area (Å²) in [6.07, 6.45) is 17.7. The van der Waals surface area contributed by atoms with Gasteiger partial charge in [-0.25, -0.2) is 0 Å². The van der Waals surface area contributed by atoms with Gasteiger partial charge in [0.15, 0.2) is 0 Å². The highest BCUT2D eigenvalue weighted by atomic mass is 14.4. The lowest BCUT2D eigenvalue weighted by Crippen LogP contribution is -2.25. The predicted molar refractivity (Wildman–Crippen MR) is 110 cm³/mol. The summed E-state index contributed by atoms with van der Waals surface area (Å²) in [6.45, 7) is 8.98. The van der Waals surface area contributed by atoms with Gasteiger partial charge in [-0.05, 0) is 131 Å². The lowest BCUT2D eigenvalue weighted by atomic mass is 9.68. The number of hydrogen-bond acceptors (Lipinski definition) is 0. The van der Waals surface area contributed by atoms with Crippen molar-refractivity contribution in [3.63, 3.8) is 0 Å². The molecule has 0 N–H and O–H groups in total. The van der Waals surface area contributed by atoms with Gasteiger partial charge in [0, 0.05) is 0 Å². The van der Waals surface area contributed by atoms with Crippen LogP contribution in [-0.2, 0) is 0 Å². The number of rotatable bonds is 4. The fourth-order valence-corrected chi connectivity index (χ4v) is 5.45.